The van der Waals surface area contributed by atoms with Gasteiger partial charge in [0.15, 0.2) is 0 Å². The maximum absolute atomic E-state index is 12.9. The number of nitrogens with two attached hydrogens (primary N) is 1. The van der Waals surface area contributed by atoms with Crippen LogP contribution in [0.15, 0.2) is 42.5 Å². The summed E-state index contributed by atoms with van der Waals surface area (Å²) in [6.07, 6.45) is 0.458. The van der Waals surface area contributed by atoms with Crippen molar-refractivity contribution in [3.8, 4) is 5.75 Å². The lowest BCUT2D eigenvalue weighted by molar-refractivity contribution is -0.134. The zero-order valence-corrected chi connectivity index (χ0v) is 10.6. The highest BCUT2D eigenvalue weighted by atomic mass is 19.1. The van der Waals surface area contributed by atoms with Crippen LogP contribution in [0.25, 0.3) is 0 Å². The van der Waals surface area contributed by atoms with Crippen molar-refractivity contribution in [2.24, 2.45) is 0 Å². The second-order valence-corrected chi connectivity index (χ2v) is 4.27. The molecule has 0 aliphatic rings. The highest BCUT2D eigenvalue weighted by Crippen LogP contribution is 2.16. The first-order chi connectivity index (χ1) is 9.54. The van der Waals surface area contributed by atoms with Crippen molar-refractivity contribution in [2.45, 2.75) is 12.8 Å². The van der Waals surface area contributed by atoms with Crippen molar-refractivity contribution in [3.63, 3.8) is 0 Å². The van der Waals surface area contributed by atoms with E-state index in [0.29, 0.717) is 17.7 Å². The minimum absolute atomic E-state index is 0.104. The van der Waals surface area contributed by atoms with Crippen LogP contribution in [0.1, 0.15) is 12.0 Å². The molecule has 2 N–H and O–H groups in total. The quantitative estimate of drug-likeness (QED) is 0.531. The van der Waals surface area contributed by atoms with Gasteiger partial charge in [-0.25, -0.2) is 8.78 Å². The second-order valence-electron chi connectivity index (χ2n) is 4.27. The summed E-state index contributed by atoms with van der Waals surface area (Å²) in [5, 5.41) is 0. The summed E-state index contributed by atoms with van der Waals surface area (Å²) < 4.78 is 30.6. The van der Waals surface area contributed by atoms with Crippen LogP contribution < -0.4 is 10.5 Å². The number of carbonyl (C=O) groups excluding carboxylic acids is 1. The first kappa shape index (κ1) is 14.0. The van der Waals surface area contributed by atoms with Crippen molar-refractivity contribution < 1.29 is 18.3 Å². The Morgan fingerprint density at radius 3 is 2.35 bits per heavy atom. The number of hydrogen-bond acceptors (Lipinski definition) is 3. The van der Waals surface area contributed by atoms with Crippen LogP contribution in [0.4, 0.5) is 14.5 Å². The normalized spacial score (nSPS) is 10.3. The molecule has 0 aromatic heterocycles. The number of rotatable bonds is 4. The van der Waals surface area contributed by atoms with Crippen LogP contribution in [-0.2, 0) is 11.2 Å². The van der Waals surface area contributed by atoms with Crippen molar-refractivity contribution in [1.29, 1.82) is 0 Å². The Bertz CT molecular complexity index is 612. The molecule has 0 saturated heterocycles. The lowest BCUT2D eigenvalue weighted by Crippen LogP contribution is -2.09. The topological polar surface area (TPSA) is 52.3 Å². The van der Waals surface area contributed by atoms with Crippen molar-refractivity contribution in [2.75, 3.05) is 5.73 Å². The molecule has 0 atom stereocenters. The molecule has 0 saturated carbocycles. The van der Waals surface area contributed by atoms with E-state index in [1.165, 1.54) is 42.5 Å². The van der Waals surface area contributed by atoms with Gasteiger partial charge in [-0.15, -0.1) is 0 Å². The molecule has 0 heterocycles. The van der Waals surface area contributed by atoms with Gasteiger partial charge in [-0.2, -0.15) is 0 Å². The van der Waals surface area contributed by atoms with Crippen molar-refractivity contribution >= 4 is 11.7 Å². The highest BCUT2D eigenvalue weighted by molar-refractivity contribution is 5.73. The number of hydrogen-bond donors (Lipinski definition) is 1. The number of aryl methyl sites for hydroxylation is 1. The maximum atomic E-state index is 12.9. The van der Waals surface area contributed by atoms with E-state index in [2.05, 4.69) is 0 Å². The Morgan fingerprint density at radius 1 is 1.05 bits per heavy atom. The van der Waals surface area contributed by atoms with E-state index < -0.39 is 17.6 Å². The summed E-state index contributed by atoms with van der Waals surface area (Å²) in [7, 11) is 0. The Hall–Kier alpha value is -2.43. The Balaban J connectivity index is 1.90. The molecular formula is C15H13F2NO2. The molecule has 0 aliphatic carbocycles. The van der Waals surface area contributed by atoms with Crippen molar-refractivity contribution in [1.82, 2.24) is 0 Å². The third kappa shape index (κ3) is 3.78. The predicted molar refractivity (Wildman–Crippen MR) is 71.2 cm³/mol. The molecule has 0 amide bonds. The average molecular weight is 277 g/mol. The van der Waals surface area contributed by atoms with E-state index >= 15 is 0 Å². The molecule has 0 bridgehead atoms. The Morgan fingerprint density at radius 2 is 1.70 bits per heavy atom. The van der Waals surface area contributed by atoms with E-state index in [9.17, 15) is 13.6 Å². The second kappa shape index (κ2) is 6.14. The first-order valence-corrected chi connectivity index (χ1v) is 6.05. The van der Waals surface area contributed by atoms with Gasteiger partial charge in [-0.1, -0.05) is 6.07 Å². The van der Waals surface area contributed by atoms with Gasteiger partial charge in [0.2, 0.25) is 0 Å². The van der Waals surface area contributed by atoms with Crippen LogP contribution in [-0.4, -0.2) is 5.97 Å². The van der Waals surface area contributed by atoms with Crippen LogP contribution in [0, 0.1) is 11.6 Å². The standard InChI is InChI=1S/C15H13F2NO2/c16-11-4-6-13(7-5-11)20-15(19)8-2-10-1-3-12(17)9-14(10)18/h1,3-7,9H,2,8,18H2. The molecule has 104 valence electrons. The summed E-state index contributed by atoms with van der Waals surface area (Å²) >= 11 is 0. The molecule has 0 aliphatic heterocycles. The number of anilines is 1. The fourth-order valence-corrected chi connectivity index (χ4v) is 1.72. The van der Waals surface area contributed by atoms with Gasteiger partial charge in [-0.3, -0.25) is 4.79 Å². The van der Waals surface area contributed by atoms with E-state index in [1.54, 1.807) is 0 Å². The van der Waals surface area contributed by atoms with E-state index in [-0.39, 0.29) is 12.2 Å². The molecule has 0 spiro atoms. The van der Waals surface area contributed by atoms with Gasteiger partial charge in [0.05, 0.1) is 6.42 Å². The first-order valence-electron chi connectivity index (χ1n) is 6.05. The zero-order valence-electron chi connectivity index (χ0n) is 10.6. The van der Waals surface area contributed by atoms with Gasteiger partial charge in [0, 0.05) is 5.69 Å². The maximum Gasteiger partial charge on any atom is 0.311 e. The molecule has 2 rings (SSSR count). The predicted octanol–water partition coefficient (Wildman–Crippen LogP) is 3.09. The summed E-state index contributed by atoms with van der Waals surface area (Å²) in [5.41, 5.74) is 6.63. The Kier molecular flexibility index (Phi) is 4.30. The molecule has 20 heavy (non-hydrogen) atoms. The monoisotopic (exact) mass is 277 g/mol. The highest BCUT2D eigenvalue weighted by Gasteiger charge is 2.08. The summed E-state index contributed by atoms with van der Waals surface area (Å²) in [5.74, 6) is -0.993. The van der Waals surface area contributed by atoms with Gasteiger partial charge < -0.3 is 10.5 Å². The van der Waals surface area contributed by atoms with Crippen molar-refractivity contribution in [3.05, 3.63) is 59.7 Å². The lowest BCUT2D eigenvalue weighted by Gasteiger charge is -2.06. The zero-order chi connectivity index (χ0) is 14.5. The number of halogens is 2. The van der Waals surface area contributed by atoms with E-state index in [4.69, 9.17) is 10.5 Å². The van der Waals surface area contributed by atoms with E-state index in [1.807, 2.05) is 0 Å². The molecule has 2 aromatic carbocycles. The summed E-state index contributed by atoms with van der Waals surface area (Å²) in [6, 6.07) is 9.20. The number of benzene rings is 2. The largest absolute Gasteiger partial charge is 0.427 e. The molecule has 0 radical (unpaired) electrons. The molecule has 3 nitrogen and oxygen atoms in total. The van der Waals surface area contributed by atoms with Crippen LogP contribution in [0.5, 0.6) is 5.75 Å². The number of ether oxygens (including phenoxy) is 1. The van der Waals surface area contributed by atoms with Crippen LogP contribution in [0.2, 0.25) is 0 Å². The fraction of sp³-hybridized carbons (Fsp3) is 0.133. The molecular weight excluding hydrogens is 264 g/mol. The molecule has 5 heteroatoms. The smallest absolute Gasteiger partial charge is 0.311 e. The number of carbonyl (C=O) groups is 1. The average Bonchev–Trinajstić information content (AvgIpc) is 2.40. The third-order valence-electron chi connectivity index (χ3n) is 2.75. The van der Waals surface area contributed by atoms with Gasteiger partial charge >= 0.3 is 5.97 Å². The summed E-state index contributed by atoms with van der Waals surface area (Å²) in [4.78, 5) is 11.6. The SMILES string of the molecule is Nc1cc(F)ccc1CCC(=O)Oc1ccc(F)cc1. The fourth-order valence-electron chi connectivity index (χ4n) is 1.72. The number of esters is 1. The van der Waals surface area contributed by atoms with E-state index in [0.717, 1.165) is 0 Å². The molecule has 0 fully saturated rings. The van der Waals surface area contributed by atoms with Crippen LogP contribution >= 0.6 is 0 Å². The number of nitrogen functional groups attached to an aromatic ring is 1. The minimum atomic E-state index is -0.458. The molecule has 2 aromatic rings. The van der Waals surface area contributed by atoms with Gasteiger partial charge in [-0.05, 0) is 48.4 Å². The minimum Gasteiger partial charge on any atom is -0.427 e. The van der Waals surface area contributed by atoms with Gasteiger partial charge in [0.25, 0.3) is 0 Å². The molecule has 0 unspecified atom stereocenters. The van der Waals surface area contributed by atoms with Gasteiger partial charge in [0.1, 0.15) is 17.4 Å². The van der Waals surface area contributed by atoms with Crippen LogP contribution in [0.3, 0.4) is 0 Å². The summed E-state index contributed by atoms with van der Waals surface area (Å²) in [6.45, 7) is 0. The Labute approximate surface area is 115 Å². The third-order valence-corrected chi connectivity index (χ3v) is 2.75. The lowest BCUT2D eigenvalue weighted by atomic mass is 10.1.